The van der Waals surface area contributed by atoms with Gasteiger partial charge in [0.25, 0.3) is 0 Å². The predicted octanol–water partition coefficient (Wildman–Crippen LogP) is 3.31. The van der Waals surface area contributed by atoms with Crippen LogP contribution in [0.2, 0.25) is 0 Å². The van der Waals surface area contributed by atoms with Gasteiger partial charge in [0.2, 0.25) is 0 Å². The molecule has 0 heterocycles. The summed E-state index contributed by atoms with van der Waals surface area (Å²) in [4.78, 5) is 35.6. The Bertz CT molecular complexity index is 734. The molecule has 118 valence electrons. The minimum Gasteiger partial charge on any atom is -0.481 e. The van der Waals surface area contributed by atoms with Crippen molar-refractivity contribution in [3.63, 3.8) is 0 Å². The first-order valence-electron chi connectivity index (χ1n) is 7.38. The summed E-state index contributed by atoms with van der Waals surface area (Å²) in [5.74, 6) is -3.29. The third-order valence-electron chi connectivity index (χ3n) is 3.91. The van der Waals surface area contributed by atoms with Crippen LogP contribution in [0.25, 0.3) is 0 Å². The molecule has 0 saturated heterocycles. The predicted molar refractivity (Wildman–Crippen MR) is 86.5 cm³/mol. The highest BCUT2D eigenvalue weighted by Gasteiger charge is 2.27. The molecule has 23 heavy (non-hydrogen) atoms. The van der Waals surface area contributed by atoms with Gasteiger partial charge in [-0.25, -0.2) is 0 Å². The first kappa shape index (κ1) is 16.6. The quantitative estimate of drug-likeness (QED) is 0.656. The minimum absolute atomic E-state index is 0.126. The minimum atomic E-state index is -1.14. The Morgan fingerprint density at radius 2 is 1.48 bits per heavy atom. The van der Waals surface area contributed by atoms with E-state index in [2.05, 4.69) is 0 Å². The molecule has 0 aliphatic rings. The molecule has 0 aromatic heterocycles. The van der Waals surface area contributed by atoms with E-state index in [0.717, 1.165) is 0 Å². The van der Waals surface area contributed by atoms with Crippen LogP contribution in [0.4, 0.5) is 0 Å². The summed E-state index contributed by atoms with van der Waals surface area (Å²) in [6, 6.07) is 15.7. The van der Waals surface area contributed by atoms with Gasteiger partial charge in [0.15, 0.2) is 11.6 Å². The van der Waals surface area contributed by atoms with Crippen molar-refractivity contribution in [1.29, 1.82) is 0 Å². The Morgan fingerprint density at radius 1 is 0.870 bits per heavy atom. The zero-order valence-electron chi connectivity index (χ0n) is 13.0. The van der Waals surface area contributed by atoms with Gasteiger partial charge in [0.1, 0.15) is 5.92 Å². The zero-order chi connectivity index (χ0) is 17.0. The number of hydrogen-bond donors (Lipinski definition) is 1. The molecule has 0 aliphatic heterocycles. The van der Waals surface area contributed by atoms with Crippen LogP contribution in [0.3, 0.4) is 0 Å². The summed E-state index contributed by atoms with van der Waals surface area (Å²) in [6.45, 7) is 3.04. The van der Waals surface area contributed by atoms with Crippen molar-refractivity contribution in [2.24, 2.45) is 5.92 Å². The van der Waals surface area contributed by atoms with E-state index >= 15 is 0 Å². The van der Waals surface area contributed by atoms with Crippen molar-refractivity contribution in [2.45, 2.75) is 19.8 Å². The van der Waals surface area contributed by atoms with Gasteiger partial charge in [-0.2, -0.15) is 0 Å². The molecule has 2 rings (SSSR count). The second kappa shape index (κ2) is 7.01. The van der Waals surface area contributed by atoms with Crippen LogP contribution in [0.15, 0.2) is 54.6 Å². The second-order valence-corrected chi connectivity index (χ2v) is 5.50. The summed E-state index contributed by atoms with van der Waals surface area (Å²) in [5, 5.41) is 8.96. The molecular weight excluding hydrogens is 292 g/mol. The lowest BCUT2D eigenvalue weighted by atomic mass is 9.88. The average Bonchev–Trinajstić information content (AvgIpc) is 2.59. The number of hydrogen-bond acceptors (Lipinski definition) is 3. The average molecular weight is 310 g/mol. The Kier molecular flexibility index (Phi) is 5.06. The molecule has 1 N–H and O–H groups in total. The van der Waals surface area contributed by atoms with Crippen molar-refractivity contribution in [2.75, 3.05) is 0 Å². The van der Waals surface area contributed by atoms with Crippen LogP contribution in [0, 0.1) is 5.92 Å². The molecule has 2 atom stereocenters. The summed E-state index contributed by atoms with van der Waals surface area (Å²) in [5.41, 5.74) is 1.70. The largest absolute Gasteiger partial charge is 0.481 e. The Morgan fingerprint density at radius 3 is 2.09 bits per heavy atom. The lowest BCUT2D eigenvalue weighted by molar-refractivity contribution is -0.145. The van der Waals surface area contributed by atoms with E-state index in [4.69, 9.17) is 5.11 Å². The van der Waals surface area contributed by atoms with Crippen molar-refractivity contribution in [3.05, 3.63) is 71.3 Å². The molecule has 2 aromatic carbocycles. The van der Waals surface area contributed by atoms with Crippen LogP contribution in [-0.2, 0) is 9.59 Å². The number of carbonyl (C=O) groups excluding carboxylic acids is 2. The van der Waals surface area contributed by atoms with Gasteiger partial charge < -0.3 is 5.11 Å². The molecular formula is C19H18O4. The maximum Gasteiger partial charge on any atom is 0.313 e. The fraction of sp³-hybridized carbons (Fsp3) is 0.211. The fourth-order valence-corrected chi connectivity index (χ4v) is 2.37. The van der Waals surface area contributed by atoms with E-state index in [-0.39, 0.29) is 11.6 Å². The van der Waals surface area contributed by atoms with E-state index in [9.17, 15) is 14.4 Å². The Balaban J connectivity index is 2.28. The van der Waals surface area contributed by atoms with E-state index in [0.29, 0.717) is 16.7 Å². The van der Waals surface area contributed by atoms with Crippen LogP contribution < -0.4 is 0 Å². The highest BCUT2D eigenvalue weighted by Crippen LogP contribution is 2.22. The molecule has 0 radical (unpaired) electrons. The van der Waals surface area contributed by atoms with Crippen LogP contribution in [0.1, 0.15) is 41.3 Å². The van der Waals surface area contributed by atoms with Crippen LogP contribution in [0.5, 0.6) is 0 Å². The van der Waals surface area contributed by atoms with Gasteiger partial charge in [-0.15, -0.1) is 0 Å². The molecule has 0 fully saturated rings. The third kappa shape index (κ3) is 3.72. The molecule has 2 aromatic rings. The van der Waals surface area contributed by atoms with Crippen LogP contribution in [-0.4, -0.2) is 22.6 Å². The highest BCUT2D eigenvalue weighted by molar-refractivity contribution is 6.09. The molecule has 1 unspecified atom stereocenters. The normalized spacial score (nSPS) is 13.1. The standard InChI is InChI=1S/C19H18O4/c1-12(17(20)13(2)19(22)23)15-9-6-10-16(11-15)18(21)14-7-4-3-5-8-14/h3-13H,1-2H3,(H,22,23)/t12?,13-/m1/s1. The smallest absolute Gasteiger partial charge is 0.313 e. The SMILES string of the molecule is CC(C(=O)[C@@H](C)C(=O)O)c1cccc(C(=O)c2ccccc2)c1. The van der Waals surface area contributed by atoms with Crippen LogP contribution >= 0.6 is 0 Å². The van der Waals surface area contributed by atoms with Gasteiger partial charge in [-0.1, -0.05) is 55.5 Å². The molecule has 0 spiro atoms. The number of Topliss-reactive ketones (excluding diaryl/α,β-unsaturated/α-hetero) is 1. The van der Waals surface area contributed by atoms with Crippen molar-refractivity contribution < 1.29 is 19.5 Å². The number of carboxylic acid groups (broad SMARTS) is 1. The number of rotatable bonds is 6. The maximum absolute atomic E-state index is 12.5. The number of aliphatic carboxylic acids is 1. The van der Waals surface area contributed by atoms with Gasteiger partial charge in [0.05, 0.1) is 0 Å². The Labute approximate surface area is 134 Å². The van der Waals surface area contributed by atoms with E-state index in [1.807, 2.05) is 6.07 Å². The van der Waals surface area contributed by atoms with Crippen molar-refractivity contribution in [3.8, 4) is 0 Å². The monoisotopic (exact) mass is 310 g/mol. The molecule has 0 saturated carbocycles. The van der Waals surface area contributed by atoms with E-state index < -0.39 is 17.8 Å². The van der Waals surface area contributed by atoms with Gasteiger partial charge in [-0.3, -0.25) is 14.4 Å². The van der Waals surface area contributed by atoms with E-state index in [1.54, 1.807) is 55.5 Å². The first-order chi connectivity index (χ1) is 10.9. The summed E-state index contributed by atoms with van der Waals surface area (Å²) in [7, 11) is 0. The molecule has 4 heteroatoms. The molecule has 0 amide bonds. The fourth-order valence-electron chi connectivity index (χ4n) is 2.37. The second-order valence-electron chi connectivity index (χ2n) is 5.50. The zero-order valence-corrected chi connectivity index (χ0v) is 13.0. The van der Waals surface area contributed by atoms with E-state index in [1.165, 1.54) is 6.92 Å². The Hall–Kier alpha value is -2.75. The van der Waals surface area contributed by atoms with Gasteiger partial charge in [0, 0.05) is 17.0 Å². The summed E-state index contributed by atoms with van der Waals surface area (Å²) >= 11 is 0. The number of carbonyl (C=O) groups is 3. The third-order valence-corrected chi connectivity index (χ3v) is 3.91. The van der Waals surface area contributed by atoms with Gasteiger partial charge in [-0.05, 0) is 18.6 Å². The molecule has 4 nitrogen and oxygen atoms in total. The molecule has 0 bridgehead atoms. The van der Waals surface area contributed by atoms with Crippen molar-refractivity contribution >= 4 is 17.5 Å². The van der Waals surface area contributed by atoms with Crippen molar-refractivity contribution in [1.82, 2.24) is 0 Å². The number of carboxylic acids is 1. The lowest BCUT2D eigenvalue weighted by Gasteiger charge is -2.14. The number of ketones is 2. The highest BCUT2D eigenvalue weighted by atomic mass is 16.4. The summed E-state index contributed by atoms with van der Waals surface area (Å²) < 4.78 is 0. The summed E-state index contributed by atoms with van der Waals surface area (Å²) in [6.07, 6.45) is 0. The molecule has 0 aliphatic carbocycles. The first-order valence-corrected chi connectivity index (χ1v) is 7.38. The van der Waals surface area contributed by atoms with Gasteiger partial charge >= 0.3 is 5.97 Å². The number of benzene rings is 2. The topological polar surface area (TPSA) is 71.4 Å². The lowest BCUT2D eigenvalue weighted by Crippen LogP contribution is -2.25. The maximum atomic E-state index is 12.5.